The van der Waals surface area contributed by atoms with Crippen molar-refractivity contribution in [3.8, 4) is 0 Å². The molecule has 0 unspecified atom stereocenters. The summed E-state index contributed by atoms with van der Waals surface area (Å²) in [4.78, 5) is 12.0. The van der Waals surface area contributed by atoms with Crippen LogP contribution in [0.15, 0.2) is 16.5 Å². The third kappa shape index (κ3) is 6.10. The number of carbonyl (C=O) groups is 1. The smallest absolute Gasteiger partial charge is 0.408 e. The molecular formula is C17H30N2O3. The van der Waals surface area contributed by atoms with Gasteiger partial charge in [-0.1, -0.05) is 13.8 Å². The molecule has 0 saturated heterocycles. The molecule has 0 aliphatic carbocycles. The fraction of sp³-hybridized carbons (Fsp3) is 0.706. The molecule has 2 N–H and O–H groups in total. The Morgan fingerprint density at radius 1 is 1.23 bits per heavy atom. The molecule has 0 bridgehead atoms. The number of furan rings is 1. The number of aryl methyl sites for hydroxylation is 1. The average Bonchev–Trinajstić information content (AvgIpc) is 2.81. The van der Waals surface area contributed by atoms with Gasteiger partial charge in [-0.05, 0) is 52.7 Å². The van der Waals surface area contributed by atoms with Crippen molar-refractivity contribution >= 4 is 6.09 Å². The summed E-state index contributed by atoms with van der Waals surface area (Å²) < 4.78 is 10.9. The minimum Gasteiger partial charge on any atom is -0.465 e. The number of amides is 1. The molecule has 1 aromatic heterocycles. The Bertz CT molecular complexity index is 470. The molecule has 1 amide bonds. The van der Waals surface area contributed by atoms with E-state index >= 15 is 0 Å². The first-order valence-corrected chi connectivity index (χ1v) is 7.97. The molecule has 0 atom stereocenters. The Hall–Kier alpha value is -1.49. The van der Waals surface area contributed by atoms with E-state index in [1.807, 2.05) is 39.8 Å². The summed E-state index contributed by atoms with van der Waals surface area (Å²) in [5, 5.41) is 6.39. The van der Waals surface area contributed by atoms with E-state index < -0.39 is 5.60 Å². The molecule has 22 heavy (non-hydrogen) atoms. The molecule has 126 valence electrons. The molecule has 0 aliphatic heterocycles. The van der Waals surface area contributed by atoms with E-state index in [1.165, 1.54) is 0 Å². The van der Waals surface area contributed by atoms with Crippen molar-refractivity contribution in [2.45, 2.75) is 72.1 Å². The molecule has 0 spiro atoms. The molecule has 1 rings (SSSR count). The lowest BCUT2D eigenvalue weighted by atomic mass is 9.93. The van der Waals surface area contributed by atoms with Gasteiger partial charge in [0.15, 0.2) is 0 Å². The minimum atomic E-state index is -0.490. The maximum absolute atomic E-state index is 12.0. The highest BCUT2D eigenvalue weighted by Crippen LogP contribution is 2.17. The van der Waals surface area contributed by atoms with Crippen LogP contribution in [0, 0.1) is 6.92 Å². The van der Waals surface area contributed by atoms with Gasteiger partial charge >= 0.3 is 6.09 Å². The van der Waals surface area contributed by atoms with Crippen LogP contribution >= 0.6 is 0 Å². The van der Waals surface area contributed by atoms with Crippen molar-refractivity contribution in [2.75, 3.05) is 6.54 Å². The number of carbonyl (C=O) groups excluding carboxylic acids is 1. The van der Waals surface area contributed by atoms with Crippen LogP contribution < -0.4 is 10.6 Å². The van der Waals surface area contributed by atoms with Crippen LogP contribution in [-0.2, 0) is 11.3 Å². The summed E-state index contributed by atoms with van der Waals surface area (Å²) >= 11 is 0. The molecule has 5 nitrogen and oxygen atoms in total. The number of alkyl carbamates (subject to hydrolysis) is 1. The van der Waals surface area contributed by atoms with E-state index in [0.29, 0.717) is 13.1 Å². The molecule has 1 aromatic rings. The lowest BCUT2D eigenvalue weighted by Crippen LogP contribution is -2.55. The van der Waals surface area contributed by atoms with E-state index in [4.69, 9.17) is 9.15 Å². The molecule has 1 heterocycles. The van der Waals surface area contributed by atoms with Crippen molar-refractivity contribution in [2.24, 2.45) is 0 Å². The second-order valence-corrected chi connectivity index (χ2v) is 6.73. The topological polar surface area (TPSA) is 63.5 Å². The summed E-state index contributed by atoms with van der Waals surface area (Å²) in [6.07, 6.45) is 1.28. The van der Waals surface area contributed by atoms with Crippen molar-refractivity contribution in [3.05, 3.63) is 23.7 Å². The summed E-state index contributed by atoms with van der Waals surface area (Å²) in [7, 11) is 0. The maximum Gasteiger partial charge on any atom is 0.408 e. The summed E-state index contributed by atoms with van der Waals surface area (Å²) in [5.74, 6) is 1.80. The Balaban J connectivity index is 2.56. The summed E-state index contributed by atoms with van der Waals surface area (Å²) in [6.45, 7) is 13.0. The van der Waals surface area contributed by atoms with Gasteiger partial charge < -0.3 is 19.8 Å². The molecule has 0 radical (unpaired) electrons. The van der Waals surface area contributed by atoms with Gasteiger partial charge in [0.25, 0.3) is 0 Å². The average molecular weight is 310 g/mol. The zero-order chi connectivity index (χ0) is 16.8. The van der Waals surface area contributed by atoms with Gasteiger partial charge in [0.05, 0.1) is 12.1 Å². The second kappa shape index (κ2) is 7.68. The van der Waals surface area contributed by atoms with Crippen LogP contribution in [0.4, 0.5) is 4.79 Å². The van der Waals surface area contributed by atoms with E-state index in [0.717, 1.165) is 24.4 Å². The number of rotatable bonds is 7. The fourth-order valence-corrected chi connectivity index (χ4v) is 2.25. The Kier molecular flexibility index (Phi) is 6.48. The normalized spacial score (nSPS) is 12.3. The van der Waals surface area contributed by atoms with Crippen molar-refractivity contribution < 1.29 is 13.9 Å². The predicted octanol–water partition coefficient (Wildman–Crippen LogP) is 3.76. The summed E-state index contributed by atoms with van der Waals surface area (Å²) in [5.41, 5.74) is -0.805. The van der Waals surface area contributed by atoms with E-state index in [-0.39, 0.29) is 11.6 Å². The molecule has 0 aromatic carbocycles. The van der Waals surface area contributed by atoms with E-state index in [1.54, 1.807) is 0 Å². The lowest BCUT2D eigenvalue weighted by molar-refractivity contribution is 0.0445. The van der Waals surface area contributed by atoms with Gasteiger partial charge in [0.2, 0.25) is 0 Å². The standard InChI is InChI=1S/C17H30N2O3/c1-7-17(8-2,19-15(20)22-16(4,5)6)12-18-11-14-10-9-13(3)21-14/h9-10,18H,7-8,11-12H2,1-6H3,(H,19,20). The third-order valence-electron chi connectivity index (χ3n) is 3.68. The zero-order valence-corrected chi connectivity index (χ0v) is 14.7. The van der Waals surface area contributed by atoms with E-state index in [9.17, 15) is 4.79 Å². The molecule has 0 aliphatic rings. The molecule has 0 saturated carbocycles. The predicted molar refractivity (Wildman–Crippen MR) is 87.8 cm³/mol. The van der Waals surface area contributed by atoms with Gasteiger partial charge in [0.1, 0.15) is 17.1 Å². The van der Waals surface area contributed by atoms with Crippen molar-refractivity contribution in [3.63, 3.8) is 0 Å². The number of hydrogen-bond acceptors (Lipinski definition) is 4. The fourth-order valence-electron chi connectivity index (χ4n) is 2.25. The molecule has 0 fully saturated rings. The maximum atomic E-state index is 12.0. The number of ether oxygens (including phenoxy) is 1. The van der Waals surface area contributed by atoms with Crippen LogP contribution in [0.2, 0.25) is 0 Å². The van der Waals surface area contributed by atoms with Crippen LogP contribution in [0.25, 0.3) is 0 Å². The quantitative estimate of drug-likeness (QED) is 0.805. The van der Waals surface area contributed by atoms with Crippen molar-refractivity contribution in [1.82, 2.24) is 10.6 Å². The van der Waals surface area contributed by atoms with Gasteiger partial charge in [-0.3, -0.25) is 0 Å². The van der Waals surface area contributed by atoms with Crippen LogP contribution in [0.3, 0.4) is 0 Å². The molecular weight excluding hydrogens is 280 g/mol. The van der Waals surface area contributed by atoms with Crippen molar-refractivity contribution in [1.29, 1.82) is 0 Å². The van der Waals surface area contributed by atoms with Crippen LogP contribution in [-0.4, -0.2) is 23.8 Å². The first-order chi connectivity index (χ1) is 10.2. The summed E-state index contributed by atoms with van der Waals surface area (Å²) in [6, 6.07) is 3.91. The van der Waals surface area contributed by atoms with Gasteiger partial charge in [0, 0.05) is 6.54 Å². The monoisotopic (exact) mass is 310 g/mol. The van der Waals surface area contributed by atoms with Gasteiger partial charge in [-0.2, -0.15) is 0 Å². The molecule has 5 heteroatoms. The Morgan fingerprint density at radius 2 is 1.86 bits per heavy atom. The van der Waals surface area contributed by atoms with Gasteiger partial charge in [-0.15, -0.1) is 0 Å². The highest BCUT2D eigenvalue weighted by molar-refractivity contribution is 5.68. The van der Waals surface area contributed by atoms with E-state index in [2.05, 4.69) is 24.5 Å². The highest BCUT2D eigenvalue weighted by Gasteiger charge is 2.30. The first-order valence-electron chi connectivity index (χ1n) is 7.97. The van der Waals surface area contributed by atoms with Crippen LogP contribution in [0.5, 0.6) is 0 Å². The third-order valence-corrected chi connectivity index (χ3v) is 3.68. The number of hydrogen-bond donors (Lipinski definition) is 2. The zero-order valence-electron chi connectivity index (χ0n) is 14.7. The van der Waals surface area contributed by atoms with Crippen LogP contribution in [0.1, 0.15) is 59.0 Å². The lowest BCUT2D eigenvalue weighted by Gasteiger charge is -2.34. The Labute approximate surface area is 133 Å². The van der Waals surface area contributed by atoms with Gasteiger partial charge in [-0.25, -0.2) is 4.79 Å². The first kappa shape index (κ1) is 18.6. The number of nitrogens with one attached hydrogen (secondary N) is 2. The Morgan fingerprint density at radius 3 is 2.32 bits per heavy atom. The largest absolute Gasteiger partial charge is 0.465 e. The second-order valence-electron chi connectivity index (χ2n) is 6.73. The SMILES string of the molecule is CCC(CC)(CNCc1ccc(C)o1)NC(=O)OC(C)(C)C. The minimum absolute atomic E-state index is 0.316. The highest BCUT2D eigenvalue weighted by atomic mass is 16.6.